The molecule has 0 radical (unpaired) electrons. The average molecular weight is 292 g/mol. The van der Waals surface area contributed by atoms with Gasteiger partial charge in [-0.2, -0.15) is 0 Å². The van der Waals surface area contributed by atoms with Crippen molar-refractivity contribution in [3.05, 3.63) is 53.2 Å². The van der Waals surface area contributed by atoms with Crippen LogP contribution in [0.25, 0.3) is 0 Å². The molecule has 1 aromatic heterocycles. The van der Waals surface area contributed by atoms with Crippen molar-refractivity contribution < 1.29 is 18.8 Å². The fraction of sp³-hybridized carbons (Fsp3) is 0.400. The van der Waals surface area contributed by atoms with Crippen molar-refractivity contribution >= 4 is 0 Å². The summed E-state index contributed by atoms with van der Waals surface area (Å²) in [6.45, 7) is 1.35. The molecule has 0 aliphatic carbocycles. The number of aromatic nitrogens is 1. The maximum Gasteiger partial charge on any atom is 0.162 e. The maximum atomic E-state index is 13.6. The van der Waals surface area contributed by atoms with Crippen LogP contribution >= 0.6 is 0 Å². The van der Waals surface area contributed by atoms with Crippen molar-refractivity contribution in [2.45, 2.75) is 25.1 Å². The van der Waals surface area contributed by atoms with Crippen molar-refractivity contribution in [2.24, 2.45) is 0 Å². The Morgan fingerprint density at radius 3 is 2.76 bits per heavy atom. The number of ether oxygens (including phenoxy) is 1. The number of nitrogens with zero attached hydrogens (tertiary/aromatic N) is 1. The van der Waals surface area contributed by atoms with Gasteiger partial charge in [-0.25, -0.2) is 4.39 Å². The Kier molecular flexibility index (Phi) is 4.01. The quantitative estimate of drug-likeness (QED) is 0.842. The molecule has 6 heteroatoms. The van der Waals surface area contributed by atoms with E-state index in [2.05, 4.69) is 10.5 Å². The summed E-state index contributed by atoms with van der Waals surface area (Å²) in [5.41, 5.74) is 1.12. The van der Waals surface area contributed by atoms with Crippen LogP contribution in [0.3, 0.4) is 0 Å². The summed E-state index contributed by atoms with van der Waals surface area (Å²) < 4.78 is 23.9. The van der Waals surface area contributed by atoms with Crippen molar-refractivity contribution in [1.29, 1.82) is 0 Å². The van der Waals surface area contributed by atoms with Gasteiger partial charge in [-0.1, -0.05) is 23.4 Å². The number of hydrogen-bond donors (Lipinski definition) is 2. The lowest BCUT2D eigenvalue weighted by molar-refractivity contribution is -0.0756. The molecule has 21 heavy (non-hydrogen) atoms. The molecule has 1 aliphatic rings. The molecule has 112 valence electrons. The SMILES string of the molecule is OCc1cc(CC2(NCc3ccccc3F)COC2)no1. The number of nitrogens with one attached hydrogen (secondary N) is 1. The van der Waals surface area contributed by atoms with Gasteiger partial charge in [-0.05, 0) is 6.07 Å². The molecule has 2 heterocycles. The topological polar surface area (TPSA) is 67.5 Å². The summed E-state index contributed by atoms with van der Waals surface area (Å²) in [6, 6.07) is 8.43. The van der Waals surface area contributed by atoms with E-state index in [1.807, 2.05) is 6.07 Å². The van der Waals surface area contributed by atoms with E-state index in [1.54, 1.807) is 18.2 Å². The van der Waals surface area contributed by atoms with E-state index in [1.165, 1.54) is 6.07 Å². The van der Waals surface area contributed by atoms with E-state index in [0.717, 1.165) is 5.69 Å². The average Bonchev–Trinajstić information content (AvgIpc) is 2.91. The minimum Gasteiger partial charge on any atom is -0.388 e. The molecule has 0 bridgehead atoms. The Morgan fingerprint density at radius 1 is 1.33 bits per heavy atom. The van der Waals surface area contributed by atoms with Crippen LogP contribution < -0.4 is 5.32 Å². The first-order valence-corrected chi connectivity index (χ1v) is 6.82. The van der Waals surface area contributed by atoms with Crippen LogP contribution in [-0.2, 0) is 24.3 Å². The zero-order valence-corrected chi connectivity index (χ0v) is 11.5. The van der Waals surface area contributed by atoms with Gasteiger partial charge in [0.05, 0.1) is 24.4 Å². The first kappa shape index (κ1) is 14.2. The second-order valence-electron chi connectivity index (χ2n) is 5.34. The molecule has 1 aromatic carbocycles. The standard InChI is InChI=1S/C15H17FN2O3/c16-14-4-2-1-3-11(14)7-17-15(9-20-10-15)6-12-5-13(8-19)21-18-12/h1-5,17,19H,6-10H2. The normalized spacial score (nSPS) is 16.7. The Balaban J connectivity index is 1.65. The fourth-order valence-electron chi connectivity index (χ4n) is 2.40. The molecule has 1 aliphatic heterocycles. The minimum atomic E-state index is -0.258. The van der Waals surface area contributed by atoms with Crippen LogP contribution in [0, 0.1) is 5.82 Å². The molecule has 3 rings (SSSR count). The maximum absolute atomic E-state index is 13.6. The molecule has 1 fully saturated rings. The summed E-state index contributed by atoms with van der Waals surface area (Å²) >= 11 is 0. The van der Waals surface area contributed by atoms with Crippen LogP contribution in [0.4, 0.5) is 4.39 Å². The zero-order chi connectivity index (χ0) is 14.7. The second kappa shape index (κ2) is 5.93. The van der Waals surface area contributed by atoms with Gasteiger partial charge in [-0.15, -0.1) is 0 Å². The molecular weight excluding hydrogens is 275 g/mol. The second-order valence-corrected chi connectivity index (χ2v) is 5.34. The summed E-state index contributed by atoms with van der Waals surface area (Å²) in [7, 11) is 0. The van der Waals surface area contributed by atoms with Gasteiger partial charge >= 0.3 is 0 Å². The molecule has 2 N–H and O–H groups in total. The van der Waals surface area contributed by atoms with E-state index in [9.17, 15) is 4.39 Å². The Labute approximate surface area is 121 Å². The predicted octanol–water partition coefficient (Wildman–Crippen LogP) is 1.41. The highest BCUT2D eigenvalue weighted by molar-refractivity contribution is 5.18. The number of hydrogen-bond acceptors (Lipinski definition) is 5. The molecule has 0 amide bonds. The summed E-state index contributed by atoms with van der Waals surface area (Å²) in [6.07, 6.45) is 0.616. The van der Waals surface area contributed by atoms with Crippen molar-refractivity contribution in [1.82, 2.24) is 10.5 Å². The first-order chi connectivity index (χ1) is 10.2. The van der Waals surface area contributed by atoms with Crippen molar-refractivity contribution in [3.63, 3.8) is 0 Å². The Morgan fingerprint density at radius 2 is 2.14 bits per heavy atom. The van der Waals surface area contributed by atoms with Gasteiger partial charge in [0.25, 0.3) is 0 Å². The van der Waals surface area contributed by atoms with E-state index in [-0.39, 0.29) is 18.0 Å². The lowest BCUT2D eigenvalue weighted by Gasteiger charge is -2.42. The number of benzene rings is 1. The summed E-state index contributed by atoms with van der Waals surface area (Å²) in [4.78, 5) is 0. The van der Waals surface area contributed by atoms with Gasteiger partial charge < -0.3 is 19.7 Å². The van der Waals surface area contributed by atoms with Crippen molar-refractivity contribution in [2.75, 3.05) is 13.2 Å². The van der Waals surface area contributed by atoms with Crippen LogP contribution in [-0.4, -0.2) is 29.0 Å². The highest BCUT2D eigenvalue weighted by atomic mass is 19.1. The lowest BCUT2D eigenvalue weighted by atomic mass is 9.91. The van der Waals surface area contributed by atoms with E-state index in [0.29, 0.717) is 37.5 Å². The van der Waals surface area contributed by atoms with Crippen LogP contribution in [0.1, 0.15) is 17.0 Å². The van der Waals surface area contributed by atoms with E-state index < -0.39 is 0 Å². The molecule has 0 saturated carbocycles. The largest absolute Gasteiger partial charge is 0.388 e. The first-order valence-electron chi connectivity index (χ1n) is 6.82. The van der Waals surface area contributed by atoms with Gasteiger partial charge in [0.15, 0.2) is 5.76 Å². The Hall–Kier alpha value is -1.76. The molecule has 2 aromatic rings. The summed E-state index contributed by atoms with van der Waals surface area (Å²) in [5, 5.41) is 16.3. The molecule has 0 spiro atoms. The number of aliphatic hydroxyl groups is 1. The zero-order valence-electron chi connectivity index (χ0n) is 11.5. The molecule has 0 unspecified atom stereocenters. The third kappa shape index (κ3) is 3.12. The Bertz CT molecular complexity index is 610. The summed E-state index contributed by atoms with van der Waals surface area (Å²) in [5.74, 6) is 0.221. The smallest absolute Gasteiger partial charge is 0.162 e. The molecule has 0 atom stereocenters. The lowest BCUT2D eigenvalue weighted by Crippen LogP contribution is -2.61. The van der Waals surface area contributed by atoms with Gasteiger partial charge in [0.2, 0.25) is 0 Å². The predicted molar refractivity (Wildman–Crippen MR) is 72.9 cm³/mol. The van der Waals surface area contributed by atoms with Gasteiger partial charge in [0, 0.05) is 24.6 Å². The van der Waals surface area contributed by atoms with E-state index >= 15 is 0 Å². The minimum absolute atomic E-state index is 0.168. The number of rotatable bonds is 6. The van der Waals surface area contributed by atoms with Crippen LogP contribution in [0.2, 0.25) is 0 Å². The van der Waals surface area contributed by atoms with Gasteiger partial charge in [-0.3, -0.25) is 0 Å². The van der Waals surface area contributed by atoms with Gasteiger partial charge in [0.1, 0.15) is 12.4 Å². The number of aliphatic hydroxyl groups excluding tert-OH is 1. The van der Waals surface area contributed by atoms with Crippen LogP contribution in [0.15, 0.2) is 34.9 Å². The highest BCUT2D eigenvalue weighted by Crippen LogP contribution is 2.23. The van der Waals surface area contributed by atoms with Crippen LogP contribution in [0.5, 0.6) is 0 Å². The monoisotopic (exact) mass is 292 g/mol. The third-order valence-electron chi connectivity index (χ3n) is 3.65. The molecular formula is C15H17FN2O3. The number of halogens is 1. The molecule has 5 nitrogen and oxygen atoms in total. The molecule has 1 saturated heterocycles. The van der Waals surface area contributed by atoms with Crippen molar-refractivity contribution in [3.8, 4) is 0 Å². The highest BCUT2D eigenvalue weighted by Gasteiger charge is 2.39. The fourth-order valence-corrected chi connectivity index (χ4v) is 2.40. The third-order valence-corrected chi connectivity index (χ3v) is 3.65. The van der Waals surface area contributed by atoms with E-state index in [4.69, 9.17) is 14.4 Å².